The summed E-state index contributed by atoms with van der Waals surface area (Å²) in [4.78, 5) is 11.0. The first-order chi connectivity index (χ1) is 9.99. The van der Waals surface area contributed by atoms with Crippen molar-refractivity contribution in [1.29, 1.82) is 0 Å². The maximum absolute atomic E-state index is 13.9. The molecule has 0 aliphatic heterocycles. The number of hydrogen-bond acceptors (Lipinski definition) is 2. The first-order valence-corrected chi connectivity index (χ1v) is 6.67. The number of halogens is 2. The Hall–Kier alpha value is -2.07. The van der Waals surface area contributed by atoms with Crippen LogP contribution in [0.2, 0.25) is 0 Å². The van der Waals surface area contributed by atoms with E-state index in [9.17, 15) is 13.6 Å². The van der Waals surface area contributed by atoms with Gasteiger partial charge in [0.15, 0.2) is 11.6 Å². The van der Waals surface area contributed by atoms with Gasteiger partial charge in [0.1, 0.15) is 6.29 Å². The molecule has 0 aromatic heterocycles. The van der Waals surface area contributed by atoms with E-state index in [0.29, 0.717) is 11.8 Å². The number of carbonyl (C=O) groups is 1. The summed E-state index contributed by atoms with van der Waals surface area (Å²) in [5.41, 5.74) is 3.39. The van der Waals surface area contributed by atoms with Crippen LogP contribution in [0.25, 0.3) is 11.1 Å². The van der Waals surface area contributed by atoms with Crippen molar-refractivity contribution < 1.29 is 13.6 Å². The molecule has 0 bridgehead atoms. The summed E-state index contributed by atoms with van der Waals surface area (Å²) >= 11 is 0. The maximum atomic E-state index is 13.9. The summed E-state index contributed by atoms with van der Waals surface area (Å²) in [6, 6.07) is 7.58. The van der Waals surface area contributed by atoms with Crippen LogP contribution in [0.4, 0.5) is 8.78 Å². The molecule has 0 fully saturated rings. The van der Waals surface area contributed by atoms with Crippen molar-refractivity contribution in [2.75, 3.05) is 7.05 Å². The molecule has 21 heavy (non-hydrogen) atoms. The smallest absolute Gasteiger partial charge is 0.164 e. The van der Waals surface area contributed by atoms with Crippen molar-refractivity contribution in [2.24, 2.45) is 0 Å². The molecule has 2 aromatic carbocycles. The normalized spacial score (nSPS) is 12.2. The molecule has 2 rings (SSSR count). The van der Waals surface area contributed by atoms with Crippen LogP contribution < -0.4 is 5.32 Å². The Morgan fingerprint density at radius 3 is 2.29 bits per heavy atom. The molecule has 4 heteroatoms. The van der Waals surface area contributed by atoms with Gasteiger partial charge in [0, 0.05) is 5.56 Å². The molecule has 2 aromatic rings. The minimum absolute atomic E-state index is 0.0187. The molecule has 0 heterocycles. The van der Waals surface area contributed by atoms with Crippen molar-refractivity contribution in [3.63, 3.8) is 0 Å². The fourth-order valence-electron chi connectivity index (χ4n) is 2.55. The highest BCUT2D eigenvalue weighted by atomic mass is 19.2. The second-order valence-electron chi connectivity index (χ2n) is 5.03. The average Bonchev–Trinajstić information content (AvgIpc) is 2.44. The van der Waals surface area contributed by atoms with Crippen LogP contribution in [0.15, 0.2) is 30.3 Å². The number of rotatable bonds is 4. The van der Waals surface area contributed by atoms with E-state index >= 15 is 0 Å². The van der Waals surface area contributed by atoms with Crippen LogP contribution in [0, 0.1) is 25.5 Å². The predicted octanol–water partition coefficient (Wildman–Crippen LogP) is 3.71. The zero-order chi connectivity index (χ0) is 15.6. The van der Waals surface area contributed by atoms with Gasteiger partial charge in [0.05, 0.1) is 6.04 Å². The number of nitrogens with one attached hydrogen (secondary N) is 1. The monoisotopic (exact) mass is 289 g/mol. The summed E-state index contributed by atoms with van der Waals surface area (Å²) < 4.78 is 27.9. The highest BCUT2D eigenvalue weighted by Crippen LogP contribution is 2.31. The molecule has 1 atom stereocenters. The Kier molecular flexibility index (Phi) is 4.48. The van der Waals surface area contributed by atoms with Crippen molar-refractivity contribution in [3.05, 3.63) is 58.7 Å². The van der Waals surface area contributed by atoms with Crippen molar-refractivity contribution >= 4 is 6.29 Å². The predicted molar refractivity (Wildman–Crippen MR) is 79.1 cm³/mol. The van der Waals surface area contributed by atoms with Crippen LogP contribution >= 0.6 is 0 Å². The molecule has 0 aliphatic carbocycles. The molecule has 2 nitrogen and oxygen atoms in total. The molecular formula is C17H17F2NO. The summed E-state index contributed by atoms with van der Waals surface area (Å²) in [6.07, 6.45) is 0.562. The molecular weight excluding hydrogens is 272 g/mol. The molecule has 0 spiro atoms. The average molecular weight is 289 g/mol. The van der Waals surface area contributed by atoms with Gasteiger partial charge in [-0.3, -0.25) is 0 Å². The number of benzene rings is 2. The van der Waals surface area contributed by atoms with Gasteiger partial charge in [-0.1, -0.05) is 18.2 Å². The van der Waals surface area contributed by atoms with Crippen LogP contribution in [-0.2, 0) is 4.79 Å². The molecule has 0 radical (unpaired) electrons. The second kappa shape index (κ2) is 6.14. The zero-order valence-corrected chi connectivity index (χ0v) is 12.2. The Bertz CT molecular complexity index is 662. The molecule has 0 saturated carbocycles. The zero-order valence-electron chi connectivity index (χ0n) is 12.2. The Morgan fingerprint density at radius 1 is 1.14 bits per heavy atom. The lowest BCUT2D eigenvalue weighted by Crippen LogP contribution is -2.19. The number of likely N-dealkylation sites (N-methyl/N-ethyl adjacent to an activating group) is 1. The molecule has 1 unspecified atom stereocenters. The maximum Gasteiger partial charge on any atom is 0.164 e. The van der Waals surface area contributed by atoms with Gasteiger partial charge in [-0.05, 0) is 55.3 Å². The molecule has 0 aliphatic rings. The lowest BCUT2D eigenvalue weighted by molar-refractivity contribution is -0.109. The first kappa shape index (κ1) is 15.3. The Balaban J connectivity index is 2.69. The van der Waals surface area contributed by atoms with E-state index in [0.717, 1.165) is 16.7 Å². The highest BCUT2D eigenvalue weighted by molar-refractivity contribution is 5.73. The summed E-state index contributed by atoms with van der Waals surface area (Å²) in [6.45, 7) is 3.83. The third kappa shape index (κ3) is 2.85. The number of hydrogen-bond donors (Lipinski definition) is 1. The second-order valence-corrected chi connectivity index (χ2v) is 5.03. The van der Waals surface area contributed by atoms with Crippen molar-refractivity contribution in [2.45, 2.75) is 19.9 Å². The number of carbonyl (C=O) groups excluding carboxylic acids is 1. The van der Waals surface area contributed by atoms with Gasteiger partial charge in [-0.15, -0.1) is 0 Å². The van der Waals surface area contributed by atoms with E-state index in [4.69, 9.17) is 0 Å². The van der Waals surface area contributed by atoms with E-state index in [-0.39, 0.29) is 5.56 Å². The van der Waals surface area contributed by atoms with Crippen LogP contribution in [-0.4, -0.2) is 13.3 Å². The van der Waals surface area contributed by atoms with Gasteiger partial charge in [-0.25, -0.2) is 8.78 Å². The minimum atomic E-state index is -0.989. The van der Waals surface area contributed by atoms with Gasteiger partial charge in [0.2, 0.25) is 0 Å². The number of aryl methyl sites for hydroxylation is 2. The minimum Gasteiger partial charge on any atom is -0.307 e. The van der Waals surface area contributed by atoms with Gasteiger partial charge >= 0.3 is 0 Å². The van der Waals surface area contributed by atoms with Crippen LogP contribution in [0.1, 0.15) is 22.7 Å². The lowest BCUT2D eigenvalue weighted by atomic mass is 9.93. The van der Waals surface area contributed by atoms with Gasteiger partial charge in [-0.2, -0.15) is 0 Å². The van der Waals surface area contributed by atoms with Gasteiger partial charge in [0.25, 0.3) is 0 Å². The van der Waals surface area contributed by atoms with Gasteiger partial charge < -0.3 is 10.1 Å². The third-order valence-corrected chi connectivity index (χ3v) is 3.61. The van der Waals surface area contributed by atoms with Crippen LogP contribution in [0.3, 0.4) is 0 Å². The Labute approximate surface area is 122 Å². The van der Waals surface area contributed by atoms with E-state index in [1.54, 1.807) is 0 Å². The molecule has 0 saturated heterocycles. The van der Waals surface area contributed by atoms with E-state index in [1.165, 1.54) is 19.2 Å². The highest BCUT2D eigenvalue weighted by Gasteiger charge is 2.19. The van der Waals surface area contributed by atoms with E-state index < -0.39 is 17.7 Å². The summed E-state index contributed by atoms with van der Waals surface area (Å²) in [5, 5.41) is 2.67. The molecule has 1 N–H and O–H groups in total. The topological polar surface area (TPSA) is 29.1 Å². The SMILES string of the molecule is CNC(C=O)c1cc(-c2c(C)cccc2C)cc(F)c1F. The molecule has 0 amide bonds. The Morgan fingerprint density at radius 2 is 1.76 bits per heavy atom. The van der Waals surface area contributed by atoms with Crippen LogP contribution in [0.5, 0.6) is 0 Å². The summed E-state index contributed by atoms with van der Waals surface area (Å²) in [7, 11) is 1.53. The lowest BCUT2D eigenvalue weighted by Gasteiger charge is -2.15. The quantitative estimate of drug-likeness (QED) is 0.869. The standard InChI is InChI=1S/C17H17F2NO/c1-10-5-4-6-11(2)16(10)12-7-13(15(9-21)20-3)17(19)14(18)8-12/h4-9,15,20H,1-3H3. The first-order valence-electron chi connectivity index (χ1n) is 6.67. The molecule has 110 valence electrons. The van der Waals surface area contributed by atoms with Crippen molar-refractivity contribution in [1.82, 2.24) is 5.32 Å². The van der Waals surface area contributed by atoms with Crippen molar-refractivity contribution in [3.8, 4) is 11.1 Å². The summed E-state index contributed by atoms with van der Waals surface area (Å²) in [5.74, 6) is -1.94. The largest absolute Gasteiger partial charge is 0.307 e. The fraction of sp³-hybridized carbons (Fsp3) is 0.235. The van der Waals surface area contributed by atoms with E-state index in [1.807, 2.05) is 32.0 Å². The fourth-order valence-corrected chi connectivity index (χ4v) is 2.55. The number of aldehydes is 1. The third-order valence-electron chi connectivity index (χ3n) is 3.61. The van der Waals surface area contributed by atoms with E-state index in [2.05, 4.69) is 5.32 Å².